The van der Waals surface area contributed by atoms with E-state index in [1.165, 1.54) is 17.4 Å². The van der Waals surface area contributed by atoms with Crippen LogP contribution in [0.1, 0.15) is 33.5 Å². The van der Waals surface area contributed by atoms with Gasteiger partial charge in [-0.15, -0.1) is 11.3 Å². The van der Waals surface area contributed by atoms with Crippen LogP contribution < -0.4 is 5.32 Å². The highest BCUT2D eigenvalue weighted by Gasteiger charge is 2.11. The number of carbonyl (C=O) groups is 2. The lowest BCUT2D eigenvalue weighted by Crippen LogP contribution is -2.15. The first-order valence-electron chi connectivity index (χ1n) is 6.56. The van der Waals surface area contributed by atoms with Gasteiger partial charge in [-0.25, -0.2) is 9.78 Å². The summed E-state index contributed by atoms with van der Waals surface area (Å²) in [5.74, 6) is -1.21. The molecule has 1 amide bonds. The van der Waals surface area contributed by atoms with Crippen molar-refractivity contribution in [3.8, 4) is 0 Å². The molecule has 2 N–H and O–H groups in total. The third-order valence-electron chi connectivity index (χ3n) is 3.00. The Balaban J connectivity index is 2.05. The SMILES string of the molecule is CCc1nc(CC(=O)Nc2ccc(C)c(C(=O)O)c2)cs1. The minimum Gasteiger partial charge on any atom is -0.478 e. The third kappa shape index (κ3) is 3.88. The number of anilines is 1. The summed E-state index contributed by atoms with van der Waals surface area (Å²) >= 11 is 1.54. The molecule has 0 spiro atoms. The predicted molar refractivity (Wildman–Crippen MR) is 82.0 cm³/mol. The van der Waals surface area contributed by atoms with Crippen LogP contribution in [0.15, 0.2) is 23.6 Å². The zero-order valence-corrected chi connectivity index (χ0v) is 12.7. The van der Waals surface area contributed by atoms with Gasteiger partial charge in [0, 0.05) is 11.1 Å². The average Bonchev–Trinajstić information content (AvgIpc) is 2.88. The Hall–Kier alpha value is -2.21. The van der Waals surface area contributed by atoms with Crippen molar-refractivity contribution in [2.24, 2.45) is 0 Å². The number of aryl methyl sites for hydroxylation is 2. The molecule has 0 bridgehead atoms. The van der Waals surface area contributed by atoms with Crippen LogP contribution >= 0.6 is 11.3 Å². The van der Waals surface area contributed by atoms with Gasteiger partial charge in [0.25, 0.3) is 0 Å². The Labute approximate surface area is 126 Å². The van der Waals surface area contributed by atoms with Crippen molar-refractivity contribution >= 4 is 28.9 Å². The van der Waals surface area contributed by atoms with Gasteiger partial charge in [-0.1, -0.05) is 13.0 Å². The van der Waals surface area contributed by atoms with E-state index in [4.69, 9.17) is 5.11 Å². The maximum atomic E-state index is 12.0. The van der Waals surface area contributed by atoms with Gasteiger partial charge >= 0.3 is 5.97 Å². The van der Waals surface area contributed by atoms with Crippen LogP contribution in [0.5, 0.6) is 0 Å². The molecular formula is C15H16N2O3S. The Bertz CT molecular complexity index is 679. The van der Waals surface area contributed by atoms with Gasteiger partial charge in [0.1, 0.15) is 0 Å². The van der Waals surface area contributed by atoms with E-state index < -0.39 is 5.97 Å². The van der Waals surface area contributed by atoms with Crippen molar-refractivity contribution < 1.29 is 14.7 Å². The van der Waals surface area contributed by atoms with Gasteiger partial charge in [0.2, 0.25) is 5.91 Å². The Morgan fingerprint density at radius 2 is 2.14 bits per heavy atom. The highest BCUT2D eigenvalue weighted by Crippen LogP contribution is 2.16. The molecule has 0 aliphatic carbocycles. The zero-order valence-electron chi connectivity index (χ0n) is 11.8. The molecule has 0 aliphatic rings. The van der Waals surface area contributed by atoms with Crippen molar-refractivity contribution in [1.29, 1.82) is 0 Å². The number of nitrogens with zero attached hydrogens (tertiary/aromatic N) is 1. The molecule has 0 saturated carbocycles. The van der Waals surface area contributed by atoms with Crippen LogP contribution in [-0.2, 0) is 17.6 Å². The molecule has 0 saturated heterocycles. The molecule has 110 valence electrons. The van der Waals surface area contributed by atoms with Crippen LogP contribution in [0.2, 0.25) is 0 Å². The first-order chi connectivity index (χ1) is 9.99. The van der Waals surface area contributed by atoms with E-state index in [-0.39, 0.29) is 17.9 Å². The molecule has 1 aromatic heterocycles. The molecule has 0 unspecified atom stereocenters. The minimum atomic E-state index is -1.00. The number of amides is 1. The molecule has 1 heterocycles. The van der Waals surface area contributed by atoms with E-state index in [1.54, 1.807) is 19.1 Å². The van der Waals surface area contributed by atoms with Gasteiger partial charge in [-0.3, -0.25) is 4.79 Å². The van der Waals surface area contributed by atoms with Crippen molar-refractivity contribution in [3.63, 3.8) is 0 Å². The molecule has 0 fully saturated rings. The normalized spacial score (nSPS) is 10.4. The average molecular weight is 304 g/mol. The minimum absolute atomic E-state index is 0.187. The van der Waals surface area contributed by atoms with Crippen molar-refractivity contribution in [2.75, 3.05) is 5.32 Å². The van der Waals surface area contributed by atoms with E-state index in [1.807, 2.05) is 12.3 Å². The number of benzene rings is 1. The first-order valence-corrected chi connectivity index (χ1v) is 7.44. The molecule has 6 heteroatoms. The molecule has 0 atom stereocenters. The van der Waals surface area contributed by atoms with Crippen LogP contribution in [0.4, 0.5) is 5.69 Å². The quantitative estimate of drug-likeness (QED) is 0.890. The van der Waals surface area contributed by atoms with Crippen LogP contribution in [0.25, 0.3) is 0 Å². The number of thiazole rings is 1. The van der Waals surface area contributed by atoms with Gasteiger partial charge in [-0.2, -0.15) is 0 Å². The molecule has 2 rings (SSSR count). The number of carboxylic acid groups (broad SMARTS) is 1. The second-order valence-electron chi connectivity index (χ2n) is 4.65. The summed E-state index contributed by atoms with van der Waals surface area (Å²) in [6, 6.07) is 4.84. The highest BCUT2D eigenvalue weighted by atomic mass is 32.1. The molecule has 0 radical (unpaired) electrons. The first kappa shape index (κ1) is 15.2. The molecule has 21 heavy (non-hydrogen) atoms. The number of hydrogen-bond donors (Lipinski definition) is 2. The summed E-state index contributed by atoms with van der Waals surface area (Å²) in [4.78, 5) is 27.4. The predicted octanol–water partition coefficient (Wildman–Crippen LogP) is 2.89. The maximum Gasteiger partial charge on any atom is 0.336 e. The topological polar surface area (TPSA) is 79.3 Å². The third-order valence-corrected chi connectivity index (χ3v) is 4.04. The fourth-order valence-electron chi connectivity index (χ4n) is 1.89. The summed E-state index contributed by atoms with van der Waals surface area (Å²) in [5.41, 5.74) is 2.07. The molecule has 0 aliphatic heterocycles. The largest absolute Gasteiger partial charge is 0.478 e. The number of aromatic nitrogens is 1. The smallest absolute Gasteiger partial charge is 0.336 e. The van der Waals surface area contributed by atoms with Crippen LogP contribution in [0, 0.1) is 6.92 Å². The monoisotopic (exact) mass is 304 g/mol. The van der Waals surface area contributed by atoms with E-state index in [2.05, 4.69) is 10.3 Å². The zero-order chi connectivity index (χ0) is 15.4. The van der Waals surface area contributed by atoms with Crippen LogP contribution in [0.3, 0.4) is 0 Å². The number of rotatable bonds is 5. The summed E-state index contributed by atoms with van der Waals surface area (Å²) in [7, 11) is 0. The number of carboxylic acids is 1. The summed E-state index contributed by atoms with van der Waals surface area (Å²) in [6.07, 6.45) is 1.04. The van der Waals surface area contributed by atoms with Gasteiger partial charge < -0.3 is 10.4 Å². The lowest BCUT2D eigenvalue weighted by Gasteiger charge is -2.07. The van der Waals surface area contributed by atoms with E-state index in [0.29, 0.717) is 11.3 Å². The molecule has 1 aromatic carbocycles. The summed E-state index contributed by atoms with van der Waals surface area (Å²) in [5, 5.41) is 14.6. The summed E-state index contributed by atoms with van der Waals surface area (Å²) in [6.45, 7) is 3.74. The fraction of sp³-hybridized carbons (Fsp3) is 0.267. The Morgan fingerprint density at radius 1 is 1.38 bits per heavy atom. The lowest BCUT2D eigenvalue weighted by molar-refractivity contribution is -0.115. The molecule has 5 nitrogen and oxygen atoms in total. The number of hydrogen-bond acceptors (Lipinski definition) is 4. The van der Waals surface area contributed by atoms with Crippen molar-refractivity contribution in [2.45, 2.75) is 26.7 Å². The van der Waals surface area contributed by atoms with E-state index >= 15 is 0 Å². The Morgan fingerprint density at radius 3 is 2.76 bits per heavy atom. The van der Waals surface area contributed by atoms with Crippen LogP contribution in [-0.4, -0.2) is 22.0 Å². The van der Waals surface area contributed by atoms with E-state index in [0.717, 1.165) is 17.1 Å². The lowest BCUT2D eigenvalue weighted by atomic mass is 10.1. The summed E-state index contributed by atoms with van der Waals surface area (Å²) < 4.78 is 0. The van der Waals surface area contributed by atoms with Gasteiger partial charge in [-0.05, 0) is 31.0 Å². The Kier molecular flexibility index (Phi) is 4.70. The fourth-order valence-corrected chi connectivity index (χ4v) is 2.64. The maximum absolute atomic E-state index is 12.0. The van der Waals surface area contributed by atoms with Crippen molar-refractivity contribution in [3.05, 3.63) is 45.4 Å². The van der Waals surface area contributed by atoms with Gasteiger partial charge in [0.15, 0.2) is 0 Å². The number of aromatic carboxylic acids is 1. The van der Waals surface area contributed by atoms with E-state index in [9.17, 15) is 9.59 Å². The number of nitrogens with one attached hydrogen (secondary N) is 1. The van der Waals surface area contributed by atoms with Crippen molar-refractivity contribution in [1.82, 2.24) is 4.98 Å². The van der Waals surface area contributed by atoms with Gasteiger partial charge in [0.05, 0.1) is 22.7 Å². The standard InChI is InChI=1S/C15H16N2O3S/c1-3-14-17-11(8-21-14)7-13(18)16-10-5-4-9(2)12(6-10)15(19)20/h4-6,8H,3,7H2,1-2H3,(H,16,18)(H,19,20). The molecule has 2 aromatic rings. The highest BCUT2D eigenvalue weighted by molar-refractivity contribution is 7.09. The number of carbonyl (C=O) groups excluding carboxylic acids is 1. The second-order valence-corrected chi connectivity index (χ2v) is 5.59. The second kappa shape index (κ2) is 6.49. The molecular weight excluding hydrogens is 288 g/mol.